The van der Waals surface area contributed by atoms with Gasteiger partial charge in [-0.2, -0.15) is 9.40 Å². The first-order valence-corrected chi connectivity index (χ1v) is 14.9. The van der Waals surface area contributed by atoms with Crippen molar-refractivity contribution in [3.8, 4) is 0 Å². The number of halogens is 1. The van der Waals surface area contributed by atoms with Crippen LogP contribution in [0.25, 0.3) is 0 Å². The van der Waals surface area contributed by atoms with Crippen molar-refractivity contribution < 1.29 is 22.8 Å². The fourth-order valence-electron chi connectivity index (χ4n) is 4.39. The molecule has 3 aromatic rings. The second kappa shape index (κ2) is 13.3. The van der Waals surface area contributed by atoms with Crippen molar-refractivity contribution in [2.75, 3.05) is 44.4 Å². The van der Waals surface area contributed by atoms with Gasteiger partial charge in [0.05, 0.1) is 27.4 Å². The van der Waals surface area contributed by atoms with Gasteiger partial charge in [0.15, 0.2) is 0 Å². The molecule has 1 fully saturated rings. The molecule has 0 saturated carbocycles. The van der Waals surface area contributed by atoms with Crippen LogP contribution in [0.1, 0.15) is 32.8 Å². The van der Waals surface area contributed by atoms with Gasteiger partial charge in [0.1, 0.15) is 5.69 Å². The van der Waals surface area contributed by atoms with Crippen molar-refractivity contribution in [2.24, 2.45) is 0 Å². The van der Waals surface area contributed by atoms with Crippen molar-refractivity contribution in [1.29, 1.82) is 0 Å². The zero-order valence-corrected chi connectivity index (χ0v) is 24.9. The van der Waals surface area contributed by atoms with E-state index in [-0.39, 0.29) is 45.9 Å². The van der Waals surface area contributed by atoms with Gasteiger partial charge in [-0.15, -0.1) is 0 Å². The highest BCUT2D eigenvalue weighted by Gasteiger charge is 2.34. The number of amides is 3. The first-order chi connectivity index (χ1) is 20.0. The van der Waals surface area contributed by atoms with Crippen LogP contribution < -0.4 is 16.0 Å². The molecular formula is C28H32ClN7O5S. The lowest BCUT2D eigenvalue weighted by Gasteiger charge is -2.17. The third kappa shape index (κ3) is 7.42. The van der Waals surface area contributed by atoms with Crippen molar-refractivity contribution in [3.63, 3.8) is 0 Å². The molecule has 4 N–H and O–H groups in total. The summed E-state index contributed by atoms with van der Waals surface area (Å²) in [5.74, 6) is -1.34. The number of nitrogens with zero attached hydrogens (tertiary/aromatic N) is 3. The van der Waals surface area contributed by atoms with Crippen molar-refractivity contribution in [3.05, 3.63) is 82.7 Å². The van der Waals surface area contributed by atoms with E-state index < -0.39 is 27.9 Å². The Morgan fingerprint density at radius 1 is 1.12 bits per heavy atom. The molecule has 42 heavy (non-hydrogen) atoms. The number of aromatic nitrogens is 2. The average Bonchev–Trinajstić information content (AvgIpc) is 3.59. The fourth-order valence-corrected chi connectivity index (χ4v) is 6.20. The molecule has 1 atom stereocenters. The topological polar surface area (TPSA) is 157 Å². The van der Waals surface area contributed by atoms with Gasteiger partial charge in [-0.05, 0) is 63.3 Å². The predicted molar refractivity (Wildman–Crippen MR) is 160 cm³/mol. The summed E-state index contributed by atoms with van der Waals surface area (Å²) in [5.41, 5.74) is 1.62. The third-order valence-electron chi connectivity index (χ3n) is 6.55. The van der Waals surface area contributed by atoms with Gasteiger partial charge in [0.2, 0.25) is 15.9 Å². The van der Waals surface area contributed by atoms with E-state index in [0.29, 0.717) is 24.2 Å². The summed E-state index contributed by atoms with van der Waals surface area (Å²) >= 11 is 6.19. The average molecular weight is 614 g/mol. The van der Waals surface area contributed by atoms with E-state index >= 15 is 0 Å². The number of aryl methyl sites for hydroxylation is 1. The van der Waals surface area contributed by atoms with Crippen molar-refractivity contribution in [2.45, 2.75) is 24.3 Å². The smallest absolute Gasteiger partial charge is 0.271 e. The van der Waals surface area contributed by atoms with Gasteiger partial charge in [0, 0.05) is 37.4 Å². The molecule has 1 aromatic heterocycles. The van der Waals surface area contributed by atoms with Gasteiger partial charge >= 0.3 is 0 Å². The lowest BCUT2D eigenvalue weighted by molar-refractivity contribution is -0.111. The molecule has 3 amide bonds. The summed E-state index contributed by atoms with van der Waals surface area (Å²) in [7, 11) is -0.0559. The molecule has 1 aliphatic heterocycles. The predicted octanol–water partition coefficient (Wildman–Crippen LogP) is 2.87. The molecule has 14 heteroatoms. The second-order valence-electron chi connectivity index (χ2n) is 10.0. The minimum atomic E-state index is -3.83. The van der Waals surface area contributed by atoms with Gasteiger partial charge in [-0.1, -0.05) is 29.8 Å². The Kier molecular flexibility index (Phi) is 9.78. The number of sulfonamides is 1. The van der Waals surface area contributed by atoms with Crippen LogP contribution in [0, 0.1) is 6.92 Å². The summed E-state index contributed by atoms with van der Waals surface area (Å²) in [5, 5.41) is 14.9. The largest absolute Gasteiger partial charge is 0.347 e. The van der Waals surface area contributed by atoms with Gasteiger partial charge in [0.25, 0.3) is 11.8 Å². The minimum absolute atomic E-state index is 0.0311. The molecule has 1 saturated heterocycles. The zero-order valence-electron chi connectivity index (χ0n) is 23.3. The van der Waals surface area contributed by atoms with Crippen LogP contribution in [0.2, 0.25) is 5.02 Å². The maximum Gasteiger partial charge on any atom is 0.271 e. The number of anilines is 2. The lowest BCUT2D eigenvalue weighted by Crippen LogP contribution is -2.39. The van der Waals surface area contributed by atoms with E-state index in [1.807, 2.05) is 19.0 Å². The Labute approximate surface area is 249 Å². The van der Waals surface area contributed by atoms with Gasteiger partial charge < -0.3 is 20.9 Å². The summed E-state index contributed by atoms with van der Waals surface area (Å²) < 4.78 is 27.8. The fraction of sp³-hybridized carbons (Fsp3) is 0.286. The number of H-pyrrole nitrogens is 1. The van der Waals surface area contributed by atoms with Gasteiger partial charge in [-0.3, -0.25) is 19.5 Å². The van der Waals surface area contributed by atoms with Gasteiger partial charge in [-0.25, -0.2) is 8.42 Å². The van der Waals surface area contributed by atoms with E-state index in [9.17, 15) is 22.8 Å². The lowest BCUT2D eigenvalue weighted by atomic mass is 10.1. The maximum atomic E-state index is 13.2. The number of carbonyl (C=O) groups is 3. The van der Waals surface area contributed by atoms with Crippen LogP contribution in [0.4, 0.5) is 11.4 Å². The van der Waals surface area contributed by atoms with E-state index in [1.54, 1.807) is 31.2 Å². The SMILES string of the molecule is Cc1cccc(Cl)c1C(=O)Nc1cn[nH]c1C(=O)N[C@H]1CCN(S(=O)(=O)c2ccc(NC(=O)/C=C/CN(C)C)cc2)C1. The van der Waals surface area contributed by atoms with E-state index in [4.69, 9.17) is 11.6 Å². The highest BCUT2D eigenvalue weighted by Crippen LogP contribution is 2.24. The molecule has 1 aliphatic rings. The Morgan fingerprint density at radius 2 is 1.86 bits per heavy atom. The molecule has 2 heterocycles. The number of nitrogens with one attached hydrogen (secondary N) is 4. The number of hydrogen-bond donors (Lipinski definition) is 4. The Hall–Kier alpha value is -4.04. The molecule has 4 rings (SSSR count). The Morgan fingerprint density at radius 3 is 2.55 bits per heavy atom. The molecule has 0 radical (unpaired) electrons. The molecule has 12 nitrogen and oxygen atoms in total. The van der Waals surface area contributed by atoms with E-state index in [1.165, 1.54) is 40.8 Å². The Balaban J connectivity index is 1.35. The summed E-state index contributed by atoms with van der Waals surface area (Å²) in [6.07, 6.45) is 4.86. The minimum Gasteiger partial charge on any atom is -0.347 e. The molecule has 2 aromatic carbocycles. The monoisotopic (exact) mass is 613 g/mol. The van der Waals surface area contributed by atoms with Crippen molar-refractivity contribution >= 4 is 50.7 Å². The summed E-state index contributed by atoms with van der Waals surface area (Å²) in [6.45, 7) is 2.64. The quantitative estimate of drug-likeness (QED) is 0.256. The van der Waals surface area contributed by atoms with Crippen LogP contribution in [0.15, 0.2) is 65.7 Å². The second-order valence-corrected chi connectivity index (χ2v) is 12.4. The highest BCUT2D eigenvalue weighted by molar-refractivity contribution is 7.89. The number of rotatable bonds is 10. The van der Waals surface area contributed by atoms with Crippen LogP contribution >= 0.6 is 11.6 Å². The molecule has 0 spiro atoms. The third-order valence-corrected chi connectivity index (χ3v) is 8.74. The normalized spacial score (nSPS) is 15.7. The highest BCUT2D eigenvalue weighted by atomic mass is 35.5. The van der Waals surface area contributed by atoms with E-state index in [0.717, 1.165) is 0 Å². The van der Waals surface area contributed by atoms with Crippen LogP contribution in [0.3, 0.4) is 0 Å². The Bertz CT molecular complexity index is 1580. The van der Waals surface area contributed by atoms with Crippen LogP contribution in [-0.2, 0) is 14.8 Å². The molecule has 0 unspecified atom stereocenters. The maximum absolute atomic E-state index is 13.2. The summed E-state index contributed by atoms with van der Waals surface area (Å²) in [6, 6.07) is 10.5. The number of carbonyl (C=O) groups excluding carboxylic acids is 3. The molecule has 0 aliphatic carbocycles. The number of likely N-dealkylation sites (N-methyl/N-ethyl adjacent to an activating group) is 1. The molecule has 222 valence electrons. The van der Waals surface area contributed by atoms with E-state index in [2.05, 4.69) is 26.1 Å². The molecular weight excluding hydrogens is 582 g/mol. The first-order valence-electron chi connectivity index (χ1n) is 13.1. The number of hydrogen-bond acceptors (Lipinski definition) is 7. The first kappa shape index (κ1) is 30.9. The zero-order chi connectivity index (χ0) is 30.4. The molecule has 0 bridgehead atoms. The van der Waals surface area contributed by atoms with Crippen LogP contribution in [0.5, 0.6) is 0 Å². The van der Waals surface area contributed by atoms with Crippen LogP contribution in [-0.4, -0.2) is 85.3 Å². The number of benzene rings is 2. The standard InChI is InChI=1S/C28H32ClN7O5S/c1-18-6-4-7-22(29)25(18)27(38)33-23-16-30-34-26(23)28(39)32-20-13-15-36(17-20)42(40,41)21-11-9-19(10-12-21)31-24(37)8-5-14-35(2)3/h4-12,16,20H,13-15,17H2,1-3H3,(H,30,34)(H,31,37)(H,32,39)(H,33,38)/b8-5+/t20-/m0/s1. The van der Waals surface area contributed by atoms with Crippen molar-refractivity contribution in [1.82, 2.24) is 24.7 Å². The number of aromatic amines is 1. The summed E-state index contributed by atoms with van der Waals surface area (Å²) in [4.78, 5) is 39.9.